The molecule has 1 N–H and O–H groups in total. The highest BCUT2D eigenvalue weighted by molar-refractivity contribution is 5.79. The van der Waals surface area contributed by atoms with Gasteiger partial charge in [0.1, 0.15) is 0 Å². The van der Waals surface area contributed by atoms with E-state index in [1.165, 1.54) is 12.8 Å². The molecule has 3 nitrogen and oxygen atoms in total. The van der Waals surface area contributed by atoms with Gasteiger partial charge >= 0.3 is 0 Å². The summed E-state index contributed by atoms with van der Waals surface area (Å²) in [4.78, 5) is 14.4. The van der Waals surface area contributed by atoms with E-state index in [4.69, 9.17) is 0 Å². The summed E-state index contributed by atoms with van der Waals surface area (Å²) in [5.74, 6) is 1.95. The van der Waals surface area contributed by atoms with Crippen molar-refractivity contribution in [2.24, 2.45) is 17.8 Å². The number of amides is 1. The van der Waals surface area contributed by atoms with Crippen molar-refractivity contribution in [1.82, 2.24) is 10.2 Å². The molecule has 2 heterocycles. The third-order valence-corrected chi connectivity index (χ3v) is 3.89. The molecule has 3 unspecified atom stereocenters. The summed E-state index contributed by atoms with van der Waals surface area (Å²) >= 11 is 0. The summed E-state index contributed by atoms with van der Waals surface area (Å²) < 4.78 is 0. The van der Waals surface area contributed by atoms with Gasteiger partial charge in [0.05, 0.1) is 5.92 Å². The number of likely N-dealkylation sites (tertiary alicyclic amines) is 1. The molecule has 2 aliphatic rings. The number of piperidine rings is 2. The van der Waals surface area contributed by atoms with Gasteiger partial charge in [-0.15, -0.1) is 0 Å². The molecule has 0 spiro atoms. The van der Waals surface area contributed by atoms with E-state index in [1.807, 2.05) is 0 Å². The first-order valence-electron chi connectivity index (χ1n) is 6.66. The van der Waals surface area contributed by atoms with E-state index in [2.05, 4.69) is 24.1 Å². The lowest BCUT2D eigenvalue weighted by atomic mass is 9.89. The SMILES string of the molecule is CC1CNCC(C(=O)N2CCCC(C)C2)C1. The van der Waals surface area contributed by atoms with Crippen LogP contribution in [0.5, 0.6) is 0 Å². The Balaban J connectivity index is 1.90. The second-order valence-corrected chi connectivity index (χ2v) is 5.73. The van der Waals surface area contributed by atoms with Crippen molar-refractivity contribution in [2.45, 2.75) is 33.1 Å². The molecule has 2 aliphatic heterocycles. The lowest BCUT2D eigenvalue weighted by Crippen LogP contribution is -2.48. The van der Waals surface area contributed by atoms with Crippen LogP contribution in [0.2, 0.25) is 0 Å². The smallest absolute Gasteiger partial charge is 0.226 e. The van der Waals surface area contributed by atoms with Crippen LogP contribution in [0.4, 0.5) is 0 Å². The second kappa shape index (κ2) is 5.17. The van der Waals surface area contributed by atoms with Gasteiger partial charge in [-0.1, -0.05) is 13.8 Å². The van der Waals surface area contributed by atoms with Gasteiger partial charge in [-0.05, 0) is 37.6 Å². The molecule has 3 atom stereocenters. The van der Waals surface area contributed by atoms with E-state index in [0.29, 0.717) is 17.7 Å². The van der Waals surface area contributed by atoms with E-state index in [0.717, 1.165) is 32.6 Å². The Labute approximate surface area is 98.6 Å². The van der Waals surface area contributed by atoms with Crippen LogP contribution in [0.3, 0.4) is 0 Å². The Morgan fingerprint density at radius 2 is 2.06 bits per heavy atom. The zero-order valence-corrected chi connectivity index (χ0v) is 10.5. The summed E-state index contributed by atoms with van der Waals surface area (Å²) in [6.07, 6.45) is 3.53. The Bertz CT molecular complexity index is 230. The summed E-state index contributed by atoms with van der Waals surface area (Å²) in [5.41, 5.74) is 0. The van der Waals surface area contributed by atoms with E-state index >= 15 is 0 Å². The highest BCUT2D eigenvalue weighted by atomic mass is 16.2. The summed E-state index contributed by atoms with van der Waals surface area (Å²) in [6, 6.07) is 0. The van der Waals surface area contributed by atoms with Crippen molar-refractivity contribution in [3.8, 4) is 0 Å². The predicted octanol–water partition coefficient (Wildman–Crippen LogP) is 1.49. The molecule has 0 saturated carbocycles. The summed E-state index contributed by atoms with van der Waals surface area (Å²) in [7, 11) is 0. The second-order valence-electron chi connectivity index (χ2n) is 5.73. The third-order valence-electron chi connectivity index (χ3n) is 3.89. The van der Waals surface area contributed by atoms with Gasteiger partial charge in [0, 0.05) is 19.6 Å². The van der Waals surface area contributed by atoms with Crippen LogP contribution in [-0.2, 0) is 4.79 Å². The number of carbonyl (C=O) groups is 1. The predicted molar refractivity (Wildman–Crippen MR) is 65.1 cm³/mol. The normalized spacial score (nSPS) is 36.1. The van der Waals surface area contributed by atoms with Crippen LogP contribution < -0.4 is 5.32 Å². The zero-order chi connectivity index (χ0) is 11.5. The third kappa shape index (κ3) is 2.76. The number of carbonyl (C=O) groups excluding carboxylic acids is 1. The maximum atomic E-state index is 12.3. The lowest BCUT2D eigenvalue weighted by Gasteiger charge is -2.36. The van der Waals surface area contributed by atoms with Gasteiger partial charge in [-0.2, -0.15) is 0 Å². The maximum Gasteiger partial charge on any atom is 0.226 e. The molecule has 0 aromatic carbocycles. The largest absolute Gasteiger partial charge is 0.342 e. The fraction of sp³-hybridized carbons (Fsp3) is 0.923. The lowest BCUT2D eigenvalue weighted by molar-refractivity contribution is -0.138. The van der Waals surface area contributed by atoms with Crippen molar-refractivity contribution < 1.29 is 4.79 Å². The quantitative estimate of drug-likeness (QED) is 0.732. The zero-order valence-electron chi connectivity index (χ0n) is 10.5. The van der Waals surface area contributed by atoms with Crippen LogP contribution in [-0.4, -0.2) is 37.0 Å². The van der Waals surface area contributed by atoms with Crippen molar-refractivity contribution in [3.63, 3.8) is 0 Å². The highest BCUT2D eigenvalue weighted by Crippen LogP contribution is 2.22. The molecule has 2 rings (SSSR count). The molecule has 2 saturated heterocycles. The van der Waals surface area contributed by atoms with Gasteiger partial charge in [0.25, 0.3) is 0 Å². The Kier molecular flexibility index (Phi) is 3.85. The molecule has 92 valence electrons. The maximum absolute atomic E-state index is 12.3. The average molecular weight is 224 g/mol. The van der Waals surface area contributed by atoms with E-state index in [-0.39, 0.29) is 5.92 Å². The first-order valence-corrected chi connectivity index (χ1v) is 6.66. The van der Waals surface area contributed by atoms with Gasteiger partial charge in [0.15, 0.2) is 0 Å². The van der Waals surface area contributed by atoms with Crippen molar-refractivity contribution in [2.75, 3.05) is 26.2 Å². The summed E-state index contributed by atoms with van der Waals surface area (Å²) in [5, 5.41) is 3.37. The van der Waals surface area contributed by atoms with Gasteiger partial charge in [-0.3, -0.25) is 4.79 Å². The van der Waals surface area contributed by atoms with Gasteiger partial charge in [0.2, 0.25) is 5.91 Å². The van der Waals surface area contributed by atoms with Crippen LogP contribution in [0.1, 0.15) is 33.1 Å². The average Bonchev–Trinajstić information content (AvgIpc) is 2.28. The minimum Gasteiger partial charge on any atom is -0.342 e. The molecular formula is C13H24N2O. The topological polar surface area (TPSA) is 32.3 Å². The van der Waals surface area contributed by atoms with Gasteiger partial charge < -0.3 is 10.2 Å². The fourth-order valence-corrected chi connectivity index (χ4v) is 2.99. The molecule has 0 radical (unpaired) electrons. The first kappa shape index (κ1) is 11.9. The number of rotatable bonds is 1. The molecule has 3 heteroatoms. The molecule has 1 amide bonds. The Morgan fingerprint density at radius 3 is 2.75 bits per heavy atom. The van der Waals surface area contributed by atoms with E-state index < -0.39 is 0 Å². The van der Waals surface area contributed by atoms with Crippen LogP contribution in [0.25, 0.3) is 0 Å². The van der Waals surface area contributed by atoms with E-state index in [1.54, 1.807) is 0 Å². The van der Waals surface area contributed by atoms with Crippen molar-refractivity contribution in [3.05, 3.63) is 0 Å². The summed E-state index contributed by atoms with van der Waals surface area (Å²) in [6.45, 7) is 8.39. The van der Waals surface area contributed by atoms with E-state index in [9.17, 15) is 4.79 Å². The Hall–Kier alpha value is -0.570. The van der Waals surface area contributed by atoms with Crippen LogP contribution in [0, 0.1) is 17.8 Å². The first-order chi connectivity index (χ1) is 7.66. The van der Waals surface area contributed by atoms with Crippen LogP contribution >= 0.6 is 0 Å². The number of nitrogens with one attached hydrogen (secondary N) is 1. The van der Waals surface area contributed by atoms with Crippen LogP contribution in [0.15, 0.2) is 0 Å². The molecule has 2 fully saturated rings. The number of hydrogen-bond donors (Lipinski definition) is 1. The molecule has 16 heavy (non-hydrogen) atoms. The minimum atomic E-state index is 0.231. The molecule has 0 bridgehead atoms. The molecule has 0 aromatic heterocycles. The molecule has 0 aromatic rings. The molecular weight excluding hydrogens is 200 g/mol. The van der Waals surface area contributed by atoms with Crippen molar-refractivity contribution in [1.29, 1.82) is 0 Å². The number of hydrogen-bond acceptors (Lipinski definition) is 2. The Morgan fingerprint density at radius 1 is 1.25 bits per heavy atom. The standard InChI is InChI=1S/C13H24N2O/c1-10-4-3-5-15(9-10)13(16)12-6-11(2)7-14-8-12/h10-12,14H,3-9H2,1-2H3. The molecule has 0 aliphatic carbocycles. The number of nitrogens with zero attached hydrogens (tertiary/aromatic N) is 1. The van der Waals surface area contributed by atoms with Gasteiger partial charge in [-0.25, -0.2) is 0 Å². The van der Waals surface area contributed by atoms with Crippen molar-refractivity contribution >= 4 is 5.91 Å². The minimum absolute atomic E-state index is 0.231. The monoisotopic (exact) mass is 224 g/mol. The fourth-order valence-electron chi connectivity index (χ4n) is 2.99. The highest BCUT2D eigenvalue weighted by Gasteiger charge is 2.30.